The molecule has 84 valence electrons. The minimum atomic E-state index is -0.0938. The van der Waals surface area contributed by atoms with Crippen LogP contribution in [0.1, 0.15) is 13.3 Å². The Morgan fingerprint density at radius 1 is 1.27 bits per heavy atom. The number of aromatic nitrogens is 1. The van der Waals surface area contributed by atoms with E-state index in [1.165, 1.54) is 0 Å². The highest BCUT2D eigenvalue weighted by Gasteiger charge is 2.21. The highest BCUT2D eigenvalue weighted by Crippen LogP contribution is 2.14. The molecule has 0 aliphatic carbocycles. The van der Waals surface area contributed by atoms with Gasteiger partial charge < -0.3 is 10.0 Å². The van der Waals surface area contributed by atoms with Gasteiger partial charge in [-0.05, 0) is 38.1 Å². The van der Waals surface area contributed by atoms with Crippen molar-refractivity contribution in [1.29, 1.82) is 0 Å². The standard InChI is InChI=1S/C7H15NO.C5H5N/c1-6-3-4-8(2)5-7(6)9;1-2-4-6-5-3-1/h6-7,9H,3-5H2,1-2H3;1-5H. The van der Waals surface area contributed by atoms with E-state index in [-0.39, 0.29) is 6.10 Å². The minimum Gasteiger partial charge on any atom is -0.392 e. The molecule has 0 aromatic carbocycles. The number of nitrogens with zero attached hydrogens (tertiary/aromatic N) is 2. The molecule has 15 heavy (non-hydrogen) atoms. The Bertz CT molecular complexity index is 226. The monoisotopic (exact) mass is 208 g/mol. The number of hydrogen-bond acceptors (Lipinski definition) is 3. The molecule has 1 aliphatic heterocycles. The van der Waals surface area contributed by atoms with E-state index < -0.39 is 0 Å². The quantitative estimate of drug-likeness (QED) is 0.700. The van der Waals surface area contributed by atoms with E-state index in [1.54, 1.807) is 12.4 Å². The molecule has 2 unspecified atom stereocenters. The van der Waals surface area contributed by atoms with Crippen LogP contribution < -0.4 is 0 Å². The third-order valence-electron chi connectivity index (χ3n) is 2.69. The van der Waals surface area contributed by atoms with Crippen molar-refractivity contribution < 1.29 is 5.11 Å². The van der Waals surface area contributed by atoms with Crippen LogP contribution in [-0.4, -0.2) is 41.2 Å². The van der Waals surface area contributed by atoms with Crippen molar-refractivity contribution in [2.75, 3.05) is 20.1 Å². The summed E-state index contributed by atoms with van der Waals surface area (Å²) in [6.07, 6.45) is 4.54. The van der Waals surface area contributed by atoms with Crippen molar-refractivity contribution in [3.8, 4) is 0 Å². The van der Waals surface area contributed by atoms with Gasteiger partial charge in [0.1, 0.15) is 0 Å². The number of likely N-dealkylation sites (N-methyl/N-ethyl adjacent to an activating group) is 1. The van der Waals surface area contributed by atoms with Crippen LogP contribution in [-0.2, 0) is 0 Å². The van der Waals surface area contributed by atoms with E-state index in [9.17, 15) is 5.11 Å². The van der Waals surface area contributed by atoms with Gasteiger partial charge >= 0.3 is 0 Å². The van der Waals surface area contributed by atoms with Crippen LogP contribution in [0.25, 0.3) is 0 Å². The molecule has 2 rings (SSSR count). The Hall–Kier alpha value is -0.930. The van der Waals surface area contributed by atoms with Crippen molar-refractivity contribution in [1.82, 2.24) is 9.88 Å². The second kappa shape index (κ2) is 6.53. The normalized spacial score (nSPS) is 26.6. The first-order chi connectivity index (χ1) is 7.20. The maximum absolute atomic E-state index is 9.31. The van der Waals surface area contributed by atoms with E-state index in [4.69, 9.17) is 0 Å². The van der Waals surface area contributed by atoms with Crippen molar-refractivity contribution in [3.63, 3.8) is 0 Å². The maximum atomic E-state index is 9.31. The summed E-state index contributed by atoms with van der Waals surface area (Å²) >= 11 is 0. The van der Waals surface area contributed by atoms with Gasteiger partial charge in [0.2, 0.25) is 0 Å². The van der Waals surface area contributed by atoms with Crippen LogP contribution in [0.5, 0.6) is 0 Å². The second-order valence-electron chi connectivity index (χ2n) is 4.12. The number of rotatable bonds is 0. The molecule has 1 saturated heterocycles. The Morgan fingerprint density at radius 2 is 1.93 bits per heavy atom. The lowest BCUT2D eigenvalue weighted by Gasteiger charge is -2.31. The van der Waals surface area contributed by atoms with Gasteiger partial charge in [-0.3, -0.25) is 4.98 Å². The summed E-state index contributed by atoms with van der Waals surface area (Å²) in [4.78, 5) is 5.96. The average molecular weight is 208 g/mol. The van der Waals surface area contributed by atoms with E-state index in [1.807, 2.05) is 18.2 Å². The SMILES string of the molecule is CC1CCN(C)CC1O.c1ccncc1. The van der Waals surface area contributed by atoms with Gasteiger partial charge in [-0.2, -0.15) is 0 Å². The van der Waals surface area contributed by atoms with Gasteiger partial charge in [0.15, 0.2) is 0 Å². The smallest absolute Gasteiger partial charge is 0.0692 e. The zero-order valence-electron chi connectivity index (χ0n) is 9.50. The van der Waals surface area contributed by atoms with Crippen molar-refractivity contribution >= 4 is 0 Å². The molecule has 1 N–H and O–H groups in total. The Labute approximate surface area is 91.8 Å². The summed E-state index contributed by atoms with van der Waals surface area (Å²) in [5.74, 6) is 0.501. The molecule has 1 aliphatic rings. The maximum Gasteiger partial charge on any atom is 0.0692 e. The van der Waals surface area contributed by atoms with Crippen LogP contribution in [0, 0.1) is 5.92 Å². The summed E-state index contributed by atoms with van der Waals surface area (Å²) in [6, 6.07) is 5.72. The van der Waals surface area contributed by atoms with Crippen LogP contribution >= 0.6 is 0 Å². The van der Waals surface area contributed by atoms with Crippen molar-refractivity contribution in [2.24, 2.45) is 5.92 Å². The molecular weight excluding hydrogens is 188 g/mol. The molecule has 2 atom stereocenters. The largest absolute Gasteiger partial charge is 0.392 e. The van der Waals surface area contributed by atoms with E-state index in [0.717, 1.165) is 19.5 Å². The number of aliphatic hydroxyl groups excluding tert-OH is 1. The molecular formula is C12H20N2O. The van der Waals surface area contributed by atoms with Gasteiger partial charge in [0, 0.05) is 18.9 Å². The van der Waals surface area contributed by atoms with Gasteiger partial charge in [-0.1, -0.05) is 13.0 Å². The minimum absolute atomic E-state index is 0.0938. The Balaban J connectivity index is 0.000000162. The summed E-state index contributed by atoms with van der Waals surface area (Å²) in [6.45, 7) is 4.09. The molecule has 1 fully saturated rings. The van der Waals surface area contributed by atoms with Crippen molar-refractivity contribution in [3.05, 3.63) is 30.6 Å². The molecule has 0 bridgehead atoms. The van der Waals surface area contributed by atoms with E-state index in [2.05, 4.69) is 23.9 Å². The van der Waals surface area contributed by atoms with Gasteiger partial charge in [-0.25, -0.2) is 0 Å². The van der Waals surface area contributed by atoms with Crippen LogP contribution in [0.15, 0.2) is 30.6 Å². The molecule has 1 aromatic rings. The summed E-state index contributed by atoms with van der Waals surface area (Å²) in [5, 5.41) is 9.31. The number of aliphatic hydroxyl groups is 1. The first-order valence-corrected chi connectivity index (χ1v) is 5.41. The molecule has 0 amide bonds. The average Bonchev–Trinajstić information content (AvgIpc) is 2.27. The molecule has 3 nitrogen and oxygen atoms in total. The van der Waals surface area contributed by atoms with Crippen LogP contribution in [0.4, 0.5) is 0 Å². The molecule has 0 spiro atoms. The van der Waals surface area contributed by atoms with Gasteiger partial charge in [0.05, 0.1) is 6.10 Å². The zero-order chi connectivity index (χ0) is 11.1. The number of hydrogen-bond donors (Lipinski definition) is 1. The predicted molar refractivity (Wildman–Crippen MR) is 61.5 cm³/mol. The number of piperidine rings is 1. The number of likely N-dealkylation sites (tertiary alicyclic amines) is 1. The summed E-state index contributed by atoms with van der Waals surface area (Å²) < 4.78 is 0. The first kappa shape index (κ1) is 12.1. The van der Waals surface area contributed by atoms with Gasteiger partial charge in [-0.15, -0.1) is 0 Å². The Kier molecular flexibility index (Phi) is 5.29. The molecule has 0 radical (unpaired) electrons. The fourth-order valence-corrected chi connectivity index (χ4v) is 1.52. The molecule has 3 heteroatoms. The third-order valence-corrected chi connectivity index (χ3v) is 2.69. The zero-order valence-corrected chi connectivity index (χ0v) is 9.50. The first-order valence-electron chi connectivity index (χ1n) is 5.41. The predicted octanol–water partition coefficient (Wildman–Crippen LogP) is 1.40. The topological polar surface area (TPSA) is 36.4 Å². The molecule has 2 heterocycles. The highest BCUT2D eigenvalue weighted by atomic mass is 16.3. The van der Waals surface area contributed by atoms with E-state index in [0.29, 0.717) is 5.92 Å². The third kappa shape index (κ3) is 4.91. The van der Waals surface area contributed by atoms with Gasteiger partial charge in [0.25, 0.3) is 0 Å². The number of pyridine rings is 1. The Morgan fingerprint density at radius 3 is 2.27 bits per heavy atom. The van der Waals surface area contributed by atoms with E-state index >= 15 is 0 Å². The lowest BCUT2D eigenvalue weighted by atomic mass is 9.97. The second-order valence-corrected chi connectivity index (χ2v) is 4.12. The highest BCUT2D eigenvalue weighted by molar-refractivity contribution is 4.88. The summed E-state index contributed by atoms with van der Waals surface area (Å²) in [7, 11) is 2.05. The lowest BCUT2D eigenvalue weighted by Crippen LogP contribution is -2.40. The van der Waals surface area contributed by atoms with Crippen molar-refractivity contribution in [2.45, 2.75) is 19.4 Å². The summed E-state index contributed by atoms with van der Waals surface area (Å²) in [5.41, 5.74) is 0. The fraction of sp³-hybridized carbons (Fsp3) is 0.583. The number of β-amino-alcohol motifs (C(OH)–C–C–N with tert-alkyl or cyclic N) is 1. The molecule has 0 saturated carbocycles. The molecule has 1 aromatic heterocycles. The lowest BCUT2D eigenvalue weighted by molar-refractivity contribution is 0.0404. The van der Waals surface area contributed by atoms with Crippen LogP contribution in [0.2, 0.25) is 0 Å². The fourth-order valence-electron chi connectivity index (χ4n) is 1.52. The van der Waals surface area contributed by atoms with Crippen LogP contribution in [0.3, 0.4) is 0 Å².